The van der Waals surface area contributed by atoms with Crippen molar-refractivity contribution in [3.63, 3.8) is 0 Å². The Balaban J connectivity index is 2.27. The summed E-state index contributed by atoms with van der Waals surface area (Å²) in [7, 11) is 1.44. The third-order valence-electron chi connectivity index (χ3n) is 3.53. The van der Waals surface area contributed by atoms with Crippen molar-refractivity contribution in [1.29, 1.82) is 0 Å². The molecule has 1 N–H and O–H groups in total. The quantitative estimate of drug-likeness (QED) is 0.924. The molecule has 0 saturated carbocycles. The topological polar surface area (TPSA) is 66.8 Å². The molecule has 7 heteroatoms. The standard InChI is InChI=1S/C14H15Cl2NO4/c1-21-12-6-11(16)10(15)5-9(12)13(18)17-4-2-3-8(7-17)14(19)20/h5-6,8H,2-4,7H2,1H3,(H,19,20)/t8-/m0/s1. The van der Waals surface area contributed by atoms with Crippen LogP contribution in [0.2, 0.25) is 10.0 Å². The number of benzene rings is 1. The molecule has 0 aliphatic carbocycles. The zero-order valence-corrected chi connectivity index (χ0v) is 12.9. The van der Waals surface area contributed by atoms with E-state index in [-0.39, 0.29) is 23.0 Å². The largest absolute Gasteiger partial charge is 0.496 e. The molecule has 0 bridgehead atoms. The van der Waals surface area contributed by atoms with Crippen LogP contribution >= 0.6 is 23.2 Å². The summed E-state index contributed by atoms with van der Waals surface area (Å²) in [6.45, 7) is 0.712. The number of carbonyl (C=O) groups excluding carboxylic acids is 1. The lowest BCUT2D eigenvalue weighted by Gasteiger charge is -2.31. The lowest BCUT2D eigenvalue weighted by Crippen LogP contribution is -2.42. The molecular weight excluding hydrogens is 317 g/mol. The zero-order chi connectivity index (χ0) is 15.6. The molecule has 1 aromatic rings. The molecule has 1 heterocycles. The highest BCUT2D eigenvalue weighted by molar-refractivity contribution is 6.42. The van der Waals surface area contributed by atoms with Crippen molar-refractivity contribution in [2.45, 2.75) is 12.8 Å². The summed E-state index contributed by atoms with van der Waals surface area (Å²) in [6, 6.07) is 2.94. The Labute approximate surface area is 132 Å². The molecule has 1 aromatic carbocycles. The van der Waals surface area contributed by atoms with E-state index >= 15 is 0 Å². The van der Waals surface area contributed by atoms with Crippen LogP contribution in [0.1, 0.15) is 23.2 Å². The van der Waals surface area contributed by atoms with Crippen LogP contribution in [0, 0.1) is 5.92 Å². The van der Waals surface area contributed by atoms with Crippen LogP contribution in [0.3, 0.4) is 0 Å². The van der Waals surface area contributed by atoms with Crippen LogP contribution in [-0.2, 0) is 4.79 Å². The van der Waals surface area contributed by atoms with E-state index in [0.29, 0.717) is 30.2 Å². The number of nitrogens with zero attached hydrogens (tertiary/aromatic N) is 1. The number of carboxylic acids is 1. The van der Waals surface area contributed by atoms with Gasteiger partial charge in [-0.25, -0.2) is 0 Å². The van der Waals surface area contributed by atoms with Crippen LogP contribution < -0.4 is 4.74 Å². The summed E-state index contributed by atoms with van der Waals surface area (Å²) in [5.74, 6) is -1.38. The number of rotatable bonds is 3. The molecule has 21 heavy (non-hydrogen) atoms. The van der Waals surface area contributed by atoms with Gasteiger partial charge in [0.1, 0.15) is 5.75 Å². The summed E-state index contributed by atoms with van der Waals surface area (Å²) in [4.78, 5) is 25.2. The van der Waals surface area contributed by atoms with Gasteiger partial charge in [-0.15, -0.1) is 0 Å². The molecule has 0 unspecified atom stereocenters. The second-order valence-corrected chi connectivity index (χ2v) is 5.71. The fraction of sp³-hybridized carbons (Fsp3) is 0.429. The maximum absolute atomic E-state index is 12.6. The maximum atomic E-state index is 12.6. The monoisotopic (exact) mass is 331 g/mol. The highest BCUT2D eigenvalue weighted by atomic mass is 35.5. The lowest BCUT2D eigenvalue weighted by atomic mass is 9.97. The summed E-state index contributed by atoms with van der Waals surface area (Å²) in [6.07, 6.45) is 1.24. The fourth-order valence-electron chi connectivity index (χ4n) is 2.40. The normalized spacial score (nSPS) is 18.4. The van der Waals surface area contributed by atoms with Crippen LogP contribution in [0.4, 0.5) is 0 Å². The first-order valence-corrected chi connectivity index (χ1v) is 7.24. The van der Waals surface area contributed by atoms with Crippen molar-refractivity contribution in [3.8, 4) is 5.75 Å². The Kier molecular flexibility index (Phi) is 4.96. The van der Waals surface area contributed by atoms with Crippen molar-refractivity contribution in [3.05, 3.63) is 27.7 Å². The molecular formula is C14H15Cl2NO4. The van der Waals surface area contributed by atoms with Gasteiger partial charge in [-0.1, -0.05) is 23.2 Å². The predicted molar refractivity (Wildman–Crippen MR) is 79.3 cm³/mol. The van der Waals surface area contributed by atoms with Gasteiger partial charge in [0.25, 0.3) is 5.91 Å². The molecule has 1 fully saturated rings. The van der Waals surface area contributed by atoms with Crippen LogP contribution in [0.25, 0.3) is 0 Å². The second kappa shape index (κ2) is 6.54. The number of halogens is 2. The molecule has 2 rings (SSSR count). The summed E-state index contributed by atoms with van der Waals surface area (Å²) >= 11 is 11.9. The Hall–Kier alpha value is -1.46. The number of likely N-dealkylation sites (tertiary alicyclic amines) is 1. The molecule has 5 nitrogen and oxygen atoms in total. The number of hydrogen-bond donors (Lipinski definition) is 1. The Morgan fingerprint density at radius 3 is 2.62 bits per heavy atom. The van der Waals surface area contributed by atoms with Gasteiger partial charge < -0.3 is 14.7 Å². The number of piperidine rings is 1. The van der Waals surface area contributed by atoms with E-state index < -0.39 is 11.9 Å². The van der Waals surface area contributed by atoms with E-state index in [1.165, 1.54) is 24.1 Å². The zero-order valence-electron chi connectivity index (χ0n) is 11.4. The number of aliphatic carboxylic acids is 1. The molecule has 1 aliphatic heterocycles. The minimum atomic E-state index is -0.881. The summed E-state index contributed by atoms with van der Waals surface area (Å²) in [5, 5.41) is 9.64. The van der Waals surface area contributed by atoms with Gasteiger partial charge in [-0.2, -0.15) is 0 Å². The van der Waals surface area contributed by atoms with Gasteiger partial charge in [-0.3, -0.25) is 9.59 Å². The Morgan fingerprint density at radius 1 is 1.33 bits per heavy atom. The van der Waals surface area contributed by atoms with Gasteiger partial charge in [0.2, 0.25) is 0 Å². The minimum Gasteiger partial charge on any atom is -0.496 e. The number of amides is 1. The van der Waals surface area contributed by atoms with Gasteiger partial charge in [-0.05, 0) is 18.9 Å². The van der Waals surface area contributed by atoms with Gasteiger partial charge in [0, 0.05) is 19.2 Å². The van der Waals surface area contributed by atoms with E-state index in [9.17, 15) is 9.59 Å². The third kappa shape index (κ3) is 3.41. The summed E-state index contributed by atoms with van der Waals surface area (Å²) in [5.41, 5.74) is 0.290. The smallest absolute Gasteiger partial charge is 0.308 e. The molecule has 1 amide bonds. The molecule has 1 atom stereocenters. The number of ether oxygens (including phenoxy) is 1. The van der Waals surface area contributed by atoms with Crippen molar-refractivity contribution in [1.82, 2.24) is 4.90 Å². The van der Waals surface area contributed by atoms with Crippen molar-refractivity contribution >= 4 is 35.1 Å². The first-order chi connectivity index (χ1) is 9.93. The van der Waals surface area contributed by atoms with E-state index in [2.05, 4.69) is 0 Å². The average molecular weight is 332 g/mol. The fourth-order valence-corrected chi connectivity index (χ4v) is 2.72. The molecule has 0 radical (unpaired) electrons. The highest BCUT2D eigenvalue weighted by Gasteiger charge is 2.30. The van der Waals surface area contributed by atoms with Crippen LogP contribution in [-0.4, -0.2) is 42.1 Å². The number of methoxy groups -OCH3 is 1. The first kappa shape index (κ1) is 15.9. The lowest BCUT2D eigenvalue weighted by molar-refractivity contribution is -0.143. The molecule has 1 saturated heterocycles. The van der Waals surface area contributed by atoms with Gasteiger partial charge >= 0.3 is 5.97 Å². The Bertz CT molecular complexity index is 576. The van der Waals surface area contributed by atoms with E-state index in [0.717, 1.165) is 0 Å². The van der Waals surface area contributed by atoms with Crippen molar-refractivity contribution in [2.24, 2.45) is 5.92 Å². The van der Waals surface area contributed by atoms with E-state index in [1.807, 2.05) is 0 Å². The molecule has 114 valence electrons. The molecule has 0 spiro atoms. The average Bonchev–Trinajstić information content (AvgIpc) is 2.48. The SMILES string of the molecule is COc1cc(Cl)c(Cl)cc1C(=O)N1CCC[C@H](C(=O)O)C1. The van der Waals surface area contributed by atoms with E-state index in [4.69, 9.17) is 33.0 Å². The molecule has 1 aliphatic rings. The van der Waals surface area contributed by atoms with Crippen LogP contribution in [0.5, 0.6) is 5.75 Å². The number of hydrogen-bond acceptors (Lipinski definition) is 3. The number of carboxylic acid groups (broad SMARTS) is 1. The van der Waals surface area contributed by atoms with Crippen LogP contribution in [0.15, 0.2) is 12.1 Å². The second-order valence-electron chi connectivity index (χ2n) is 4.90. The highest BCUT2D eigenvalue weighted by Crippen LogP contribution is 2.32. The van der Waals surface area contributed by atoms with Gasteiger partial charge in [0.05, 0.1) is 28.6 Å². The molecule has 0 aromatic heterocycles. The van der Waals surface area contributed by atoms with Crippen molar-refractivity contribution < 1.29 is 19.4 Å². The maximum Gasteiger partial charge on any atom is 0.308 e. The first-order valence-electron chi connectivity index (χ1n) is 6.49. The minimum absolute atomic E-state index is 0.192. The third-order valence-corrected chi connectivity index (χ3v) is 4.25. The number of carbonyl (C=O) groups is 2. The summed E-state index contributed by atoms with van der Waals surface area (Å²) < 4.78 is 5.16. The predicted octanol–water partition coefficient (Wildman–Crippen LogP) is 2.94. The van der Waals surface area contributed by atoms with Crippen molar-refractivity contribution in [2.75, 3.05) is 20.2 Å². The Morgan fingerprint density at radius 2 is 2.00 bits per heavy atom. The van der Waals surface area contributed by atoms with E-state index in [1.54, 1.807) is 0 Å². The van der Waals surface area contributed by atoms with Gasteiger partial charge in [0.15, 0.2) is 0 Å².